The van der Waals surface area contributed by atoms with Gasteiger partial charge in [-0.25, -0.2) is 0 Å². The number of carbonyl (C=O) groups is 1. The zero-order valence-electron chi connectivity index (χ0n) is 10.4. The highest BCUT2D eigenvalue weighted by Gasteiger charge is 2.29. The van der Waals surface area contributed by atoms with Crippen molar-refractivity contribution in [2.75, 3.05) is 13.1 Å². The first-order valence-electron chi connectivity index (χ1n) is 6.12. The van der Waals surface area contributed by atoms with Crippen LogP contribution in [0.15, 0.2) is 24.3 Å². The smallest absolute Gasteiger partial charge is 0.227 e. The van der Waals surface area contributed by atoms with Gasteiger partial charge >= 0.3 is 0 Å². The number of aromatic hydroxyl groups is 1. The van der Waals surface area contributed by atoms with E-state index in [1.54, 1.807) is 18.2 Å². The quantitative estimate of drug-likeness (QED) is 0.849. The third kappa shape index (κ3) is 2.60. The van der Waals surface area contributed by atoms with Gasteiger partial charge in [0, 0.05) is 18.7 Å². The molecule has 1 aliphatic rings. The number of likely N-dealkylation sites (tertiary alicyclic amines) is 1. The van der Waals surface area contributed by atoms with E-state index in [2.05, 4.69) is 13.8 Å². The van der Waals surface area contributed by atoms with E-state index in [1.165, 1.54) is 0 Å². The summed E-state index contributed by atoms with van der Waals surface area (Å²) in [5.41, 5.74) is 0.713. The van der Waals surface area contributed by atoms with E-state index in [4.69, 9.17) is 0 Å². The molecule has 0 radical (unpaired) electrons. The van der Waals surface area contributed by atoms with E-state index in [0.717, 1.165) is 13.1 Å². The largest absolute Gasteiger partial charge is 0.508 e. The Bertz CT molecular complexity index is 406. The number of hydrogen-bond acceptors (Lipinski definition) is 2. The van der Waals surface area contributed by atoms with Crippen molar-refractivity contribution in [3.8, 4) is 5.75 Å². The van der Waals surface area contributed by atoms with Gasteiger partial charge in [-0.1, -0.05) is 32.0 Å². The van der Waals surface area contributed by atoms with Crippen molar-refractivity contribution in [2.24, 2.45) is 11.8 Å². The van der Waals surface area contributed by atoms with Gasteiger partial charge in [0.2, 0.25) is 5.91 Å². The Balaban J connectivity index is 2.01. The molecule has 2 rings (SSSR count). The highest BCUT2D eigenvalue weighted by Crippen LogP contribution is 2.24. The highest BCUT2D eigenvalue weighted by molar-refractivity contribution is 5.79. The van der Waals surface area contributed by atoms with E-state index in [-0.39, 0.29) is 11.7 Å². The van der Waals surface area contributed by atoms with Gasteiger partial charge in [0.15, 0.2) is 0 Å². The van der Waals surface area contributed by atoms with E-state index < -0.39 is 0 Å². The Kier molecular flexibility index (Phi) is 3.36. The SMILES string of the molecule is CC1CN(C(=O)Cc2ccccc2O)CC1C. The lowest BCUT2D eigenvalue weighted by Gasteiger charge is -2.16. The van der Waals surface area contributed by atoms with Crippen LogP contribution in [0.4, 0.5) is 0 Å². The average molecular weight is 233 g/mol. The lowest BCUT2D eigenvalue weighted by molar-refractivity contribution is -0.129. The van der Waals surface area contributed by atoms with E-state index in [1.807, 2.05) is 11.0 Å². The topological polar surface area (TPSA) is 40.5 Å². The molecule has 3 nitrogen and oxygen atoms in total. The maximum atomic E-state index is 12.1. The van der Waals surface area contributed by atoms with Crippen molar-refractivity contribution >= 4 is 5.91 Å². The van der Waals surface area contributed by atoms with Crippen molar-refractivity contribution in [2.45, 2.75) is 20.3 Å². The summed E-state index contributed by atoms with van der Waals surface area (Å²) in [5.74, 6) is 1.47. The van der Waals surface area contributed by atoms with Crippen molar-refractivity contribution < 1.29 is 9.90 Å². The molecule has 0 bridgehead atoms. The second-order valence-electron chi connectivity index (χ2n) is 5.06. The molecule has 1 aromatic rings. The summed E-state index contributed by atoms with van der Waals surface area (Å²) in [6.45, 7) is 6.04. The minimum absolute atomic E-state index is 0.114. The van der Waals surface area contributed by atoms with Crippen LogP contribution in [-0.4, -0.2) is 29.0 Å². The van der Waals surface area contributed by atoms with Crippen LogP contribution in [0.1, 0.15) is 19.4 Å². The first kappa shape index (κ1) is 12.0. The summed E-state index contributed by atoms with van der Waals surface area (Å²) in [6, 6.07) is 7.04. The fourth-order valence-electron chi connectivity index (χ4n) is 2.27. The molecule has 1 aromatic carbocycles. The number of hydrogen-bond donors (Lipinski definition) is 1. The maximum Gasteiger partial charge on any atom is 0.227 e. The summed E-state index contributed by atoms with van der Waals surface area (Å²) < 4.78 is 0. The second kappa shape index (κ2) is 4.78. The molecule has 1 saturated heterocycles. The van der Waals surface area contributed by atoms with E-state index >= 15 is 0 Å². The van der Waals surface area contributed by atoms with Crippen LogP contribution in [0, 0.1) is 11.8 Å². The summed E-state index contributed by atoms with van der Waals surface area (Å²) in [7, 11) is 0. The Morgan fingerprint density at radius 1 is 1.29 bits per heavy atom. The molecule has 2 unspecified atom stereocenters. The van der Waals surface area contributed by atoms with Gasteiger partial charge < -0.3 is 10.0 Å². The number of phenolic OH excluding ortho intramolecular Hbond substituents is 1. The Hall–Kier alpha value is -1.51. The average Bonchev–Trinajstić information content (AvgIpc) is 2.63. The molecule has 92 valence electrons. The predicted molar refractivity (Wildman–Crippen MR) is 66.7 cm³/mol. The Morgan fingerprint density at radius 3 is 2.47 bits per heavy atom. The van der Waals surface area contributed by atoms with Crippen molar-refractivity contribution in [3.05, 3.63) is 29.8 Å². The highest BCUT2D eigenvalue weighted by atomic mass is 16.3. The van der Waals surface area contributed by atoms with Crippen LogP contribution in [0.2, 0.25) is 0 Å². The first-order valence-corrected chi connectivity index (χ1v) is 6.12. The van der Waals surface area contributed by atoms with Crippen LogP contribution in [0.5, 0.6) is 5.75 Å². The number of carbonyl (C=O) groups excluding carboxylic acids is 1. The van der Waals surface area contributed by atoms with Gasteiger partial charge in [0.05, 0.1) is 6.42 Å². The van der Waals surface area contributed by atoms with Gasteiger partial charge in [-0.05, 0) is 17.9 Å². The minimum Gasteiger partial charge on any atom is -0.508 e. The van der Waals surface area contributed by atoms with Crippen LogP contribution in [-0.2, 0) is 11.2 Å². The second-order valence-corrected chi connectivity index (χ2v) is 5.06. The molecule has 0 spiro atoms. The van der Waals surface area contributed by atoms with Crippen molar-refractivity contribution in [3.63, 3.8) is 0 Å². The summed E-state index contributed by atoms with van der Waals surface area (Å²) in [4.78, 5) is 14.0. The number of nitrogens with zero attached hydrogens (tertiary/aromatic N) is 1. The molecule has 0 saturated carbocycles. The predicted octanol–water partition coefficient (Wildman–Crippen LogP) is 2.05. The molecule has 2 atom stereocenters. The zero-order valence-corrected chi connectivity index (χ0v) is 10.4. The molecule has 1 heterocycles. The van der Waals surface area contributed by atoms with Crippen molar-refractivity contribution in [1.29, 1.82) is 0 Å². The molecule has 3 heteroatoms. The zero-order chi connectivity index (χ0) is 12.4. The molecule has 1 amide bonds. The lowest BCUT2D eigenvalue weighted by atomic mass is 10.0. The van der Waals surface area contributed by atoms with Crippen molar-refractivity contribution in [1.82, 2.24) is 4.90 Å². The molecule has 0 aromatic heterocycles. The minimum atomic E-state index is 0.114. The molecule has 1 N–H and O–H groups in total. The van der Waals surface area contributed by atoms with Crippen LogP contribution >= 0.6 is 0 Å². The van der Waals surface area contributed by atoms with E-state index in [9.17, 15) is 9.90 Å². The summed E-state index contributed by atoms with van der Waals surface area (Å²) in [5, 5.41) is 9.64. The normalized spacial score (nSPS) is 24.0. The van der Waals surface area contributed by atoms with Gasteiger partial charge in [0.1, 0.15) is 5.75 Å². The summed E-state index contributed by atoms with van der Waals surface area (Å²) >= 11 is 0. The molecule has 17 heavy (non-hydrogen) atoms. The van der Waals surface area contributed by atoms with Gasteiger partial charge in [0.25, 0.3) is 0 Å². The third-order valence-electron chi connectivity index (χ3n) is 3.67. The van der Waals surface area contributed by atoms with Crippen LogP contribution in [0.3, 0.4) is 0 Å². The molecule has 0 aliphatic carbocycles. The lowest BCUT2D eigenvalue weighted by Crippen LogP contribution is -2.30. The molecule has 1 aliphatic heterocycles. The monoisotopic (exact) mass is 233 g/mol. The molecular formula is C14H19NO2. The Labute approximate surface area is 102 Å². The molecular weight excluding hydrogens is 214 g/mol. The number of benzene rings is 1. The van der Waals surface area contributed by atoms with E-state index in [0.29, 0.717) is 23.8 Å². The maximum absolute atomic E-state index is 12.1. The number of rotatable bonds is 2. The first-order chi connectivity index (χ1) is 8.08. The third-order valence-corrected chi connectivity index (χ3v) is 3.67. The van der Waals surface area contributed by atoms with Gasteiger partial charge in [-0.15, -0.1) is 0 Å². The fourth-order valence-corrected chi connectivity index (χ4v) is 2.27. The molecule has 1 fully saturated rings. The van der Waals surface area contributed by atoms with Gasteiger partial charge in [-0.3, -0.25) is 4.79 Å². The van der Waals surface area contributed by atoms with Crippen LogP contribution in [0.25, 0.3) is 0 Å². The number of para-hydroxylation sites is 1. The number of phenols is 1. The Morgan fingerprint density at radius 2 is 1.88 bits per heavy atom. The number of amides is 1. The fraction of sp³-hybridized carbons (Fsp3) is 0.500. The van der Waals surface area contributed by atoms with Crippen LogP contribution < -0.4 is 0 Å². The van der Waals surface area contributed by atoms with Gasteiger partial charge in [-0.2, -0.15) is 0 Å². The standard InChI is InChI=1S/C14H19NO2/c1-10-8-15(9-11(10)2)14(17)7-12-5-3-4-6-13(12)16/h3-6,10-11,16H,7-9H2,1-2H3. The summed E-state index contributed by atoms with van der Waals surface area (Å²) in [6.07, 6.45) is 0.298.